The number of aryl methyl sites for hydroxylation is 1. The van der Waals surface area contributed by atoms with E-state index in [4.69, 9.17) is 23.2 Å². The average molecular weight is 477 g/mol. The monoisotopic (exact) mass is 476 g/mol. The van der Waals surface area contributed by atoms with Crippen molar-refractivity contribution in [3.05, 3.63) is 69.2 Å². The maximum absolute atomic E-state index is 13.2. The molecule has 0 spiro atoms. The van der Waals surface area contributed by atoms with Crippen molar-refractivity contribution in [3.8, 4) is 0 Å². The Morgan fingerprint density at radius 3 is 2.28 bits per heavy atom. The van der Waals surface area contributed by atoms with Gasteiger partial charge in [-0.2, -0.15) is 0 Å². The summed E-state index contributed by atoms with van der Waals surface area (Å²) >= 11 is 12.4. The van der Waals surface area contributed by atoms with Crippen LogP contribution in [0.25, 0.3) is 0 Å². The summed E-state index contributed by atoms with van der Waals surface area (Å²) in [5.41, 5.74) is 3.20. The molecule has 0 aromatic heterocycles. The van der Waals surface area contributed by atoms with Crippen LogP contribution in [0.2, 0.25) is 10.0 Å². The molecule has 0 bridgehead atoms. The maximum atomic E-state index is 13.2. The first kappa shape index (κ1) is 26.2. The van der Waals surface area contributed by atoms with E-state index in [2.05, 4.69) is 50.4 Å². The topological polar surface area (TPSA) is 49.4 Å². The lowest BCUT2D eigenvalue weighted by atomic mass is 9.86. The summed E-state index contributed by atoms with van der Waals surface area (Å²) in [4.78, 5) is 27.4. The number of carbonyl (C=O) groups is 2. The molecule has 4 nitrogen and oxygen atoms in total. The van der Waals surface area contributed by atoms with Gasteiger partial charge in [-0.1, -0.05) is 81.2 Å². The highest BCUT2D eigenvalue weighted by Gasteiger charge is 2.26. The SMILES string of the molecule is CCCNC(=O)[C@H](C)N(Cc1ccc(Cl)cc1Cl)C(=O)CCc1ccc(C(C)(C)C)cc1. The van der Waals surface area contributed by atoms with Gasteiger partial charge in [-0.25, -0.2) is 0 Å². The van der Waals surface area contributed by atoms with E-state index < -0.39 is 6.04 Å². The molecule has 2 rings (SSSR count). The minimum absolute atomic E-state index is 0.0876. The van der Waals surface area contributed by atoms with Gasteiger partial charge in [0.25, 0.3) is 0 Å². The van der Waals surface area contributed by atoms with Crippen molar-refractivity contribution >= 4 is 35.0 Å². The fraction of sp³-hybridized carbons (Fsp3) is 0.462. The molecule has 0 heterocycles. The number of carbonyl (C=O) groups excluding carboxylic acids is 2. The highest BCUT2D eigenvalue weighted by atomic mass is 35.5. The van der Waals surface area contributed by atoms with Crippen molar-refractivity contribution in [3.63, 3.8) is 0 Å². The van der Waals surface area contributed by atoms with Crippen molar-refractivity contribution < 1.29 is 9.59 Å². The number of nitrogens with one attached hydrogen (secondary N) is 1. The van der Waals surface area contributed by atoms with Gasteiger partial charge in [0, 0.05) is 29.6 Å². The van der Waals surface area contributed by atoms with E-state index in [1.165, 1.54) is 5.56 Å². The molecule has 0 radical (unpaired) electrons. The fourth-order valence-electron chi connectivity index (χ4n) is 3.38. The van der Waals surface area contributed by atoms with Gasteiger partial charge < -0.3 is 10.2 Å². The van der Waals surface area contributed by atoms with Crippen LogP contribution < -0.4 is 5.32 Å². The van der Waals surface area contributed by atoms with Crippen LogP contribution in [-0.2, 0) is 28.0 Å². The molecule has 2 aromatic carbocycles. The molecule has 6 heteroatoms. The number of halogens is 2. The third kappa shape index (κ3) is 7.53. The van der Waals surface area contributed by atoms with Gasteiger partial charge in [-0.05, 0) is 54.0 Å². The Kier molecular flexibility index (Phi) is 9.60. The summed E-state index contributed by atoms with van der Waals surface area (Å²) in [6.45, 7) is 11.1. The number of rotatable bonds is 9. The molecule has 1 N–H and O–H groups in total. The first-order valence-corrected chi connectivity index (χ1v) is 11.9. The third-order valence-electron chi connectivity index (χ3n) is 5.52. The van der Waals surface area contributed by atoms with Crippen molar-refractivity contribution in [1.82, 2.24) is 10.2 Å². The van der Waals surface area contributed by atoms with E-state index in [0.717, 1.165) is 17.5 Å². The molecule has 0 saturated carbocycles. The predicted octanol–water partition coefficient (Wildman–Crippen LogP) is 6.17. The Hall–Kier alpha value is -2.04. The molecular weight excluding hydrogens is 443 g/mol. The highest BCUT2D eigenvalue weighted by Crippen LogP contribution is 2.25. The quantitative estimate of drug-likeness (QED) is 0.470. The van der Waals surface area contributed by atoms with Gasteiger partial charge in [0.2, 0.25) is 11.8 Å². The Bertz CT molecular complexity index is 920. The molecule has 2 aromatic rings. The fourth-order valence-corrected chi connectivity index (χ4v) is 3.85. The molecule has 0 aliphatic rings. The first-order chi connectivity index (χ1) is 15.0. The number of nitrogens with zero attached hydrogens (tertiary/aromatic N) is 1. The molecular formula is C26H34Cl2N2O2. The van der Waals surface area contributed by atoms with Crippen LogP contribution in [0.3, 0.4) is 0 Å². The van der Waals surface area contributed by atoms with Crippen LogP contribution in [0.1, 0.15) is 64.2 Å². The van der Waals surface area contributed by atoms with E-state index in [0.29, 0.717) is 29.4 Å². The minimum Gasteiger partial charge on any atom is -0.354 e. The summed E-state index contributed by atoms with van der Waals surface area (Å²) in [6, 6.07) is 13.0. The highest BCUT2D eigenvalue weighted by molar-refractivity contribution is 6.35. The van der Waals surface area contributed by atoms with E-state index >= 15 is 0 Å². The predicted molar refractivity (Wildman–Crippen MR) is 133 cm³/mol. The number of hydrogen-bond acceptors (Lipinski definition) is 2. The lowest BCUT2D eigenvalue weighted by Crippen LogP contribution is -2.47. The van der Waals surface area contributed by atoms with Crippen LogP contribution in [0.5, 0.6) is 0 Å². The van der Waals surface area contributed by atoms with E-state index in [-0.39, 0.29) is 23.8 Å². The zero-order valence-electron chi connectivity index (χ0n) is 19.7. The van der Waals surface area contributed by atoms with Crippen molar-refractivity contribution in [2.45, 2.75) is 71.9 Å². The number of hydrogen-bond donors (Lipinski definition) is 1. The molecule has 174 valence electrons. The summed E-state index contributed by atoms with van der Waals surface area (Å²) in [7, 11) is 0. The third-order valence-corrected chi connectivity index (χ3v) is 6.11. The second kappa shape index (κ2) is 11.7. The minimum atomic E-state index is -0.607. The second-order valence-electron chi connectivity index (χ2n) is 9.17. The van der Waals surface area contributed by atoms with E-state index in [1.54, 1.807) is 30.0 Å². The van der Waals surface area contributed by atoms with Crippen LogP contribution in [0, 0.1) is 0 Å². The first-order valence-electron chi connectivity index (χ1n) is 11.1. The standard InChI is InChI=1S/C26H34Cl2N2O2/c1-6-15-29-25(32)18(2)30(17-20-10-13-22(27)16-23(20)28)24(31)14-9-19-7-11-21(12-8-19)26(3,4)5/h7-8,10-13,16,18H,6,9,14-15,17H2,1-5H3,(H,29,32)/t18-/m0/s1. The number of amides is 2. The van der Waals surface area contributed by atoms with Crippen LogP contribution in [-0.4, -0.2) is 29.3 Å². The van der Waals surface area contributed by atoms with Crippen molar-refractivity contribution in [2.24, 2.45) is 0 Å². The van der Waals surface area contributed by atoms with Crippen LogP contribution >= 0.6 is 23.2 Å². The Balaban J connectivity index is 2.16. The van der Waals surface area contributed by atoms with Crippen LogP contribution in [0.15, 0.2) is 42.5 Å². The molecule has 0 unspecified atom stereocenters. The molecule has 0 saturated heterocycles. The molecule has 0 aliphatic carbocycles. The summed E-state index contributed by atoms with van der Waals surface area (Å²) in [5, 5.41) is 3.90. The van der Waals surface area contributed by atoms with Gasteiger partial charge in [-0.15, -0.1) is 0 Å². The average Bonchev–Trinajstić information content (AvgIpc) is 2.74. The lowest BCUT2D eigenvalue weighted by Gasteiger charge is -2.29. The van der Waals surface area contributed by atoms with Crippen LogP contribution in [0.4, 0.5) is 0 Å². The maximum Gasteiger partial charge on any atom is 0.242 e. The van der Waals surface area contributed by atoms with Gasteiger partial charge in [-0.3, -0.25) is 9.59 Å². The Morgan fingerprint density at radius 2 is 1.72 bits per heavy atom. The molecule has 2 amide bonds. The van der Waals surface area contributed by atoms with Gasteiger partial charge in [0.15, 0.2) is 0 Å². The summed E-state index contributed by atoms with van der Waals surface area (Å²) in [6.07, 6.45) is 1.75. The van der Waals surface area contributed by atoms with Crippen molar-refractivity contribution in [1.29, 1.82) is 0 Å². The molecule has 1 atom stereocenters. The van der Waals surface area contributed by atoms with Gasteiger partial charge >= 0.3 is 0 Å². The lowest BCUT2D eigenvalue weighted by molar-refractivity contribution is -0.140. The molecule has 0 aliphatic heterocycles. The normalized spacial score (nSPS) is 12.3. The van der Waals surface area contributed by atoms with E-state index in [1.807, 2.05) is 6.92 Å². The smallest absolute Gasteiger partial charge is 0.242 e. The second-order valence-corrected chi connectivity index (χ2v) is 10.0. The van der Waals surface area contributed by atoms with Crippen molar-refractivity contribution in [2.75, 3.05) is 6.54 Å². The summed E-state index contributed by atoms with van der Waals surface area (Å²) < 4.78 is 0. The zero-order chi connectivity index (χ0) is 23.9. The van der Waals surface area contributed by atoms with E-state index in [9.17, 15) is 9.59 Å². The molecule has 0 fully saturated rings. The van der Waals surface area contributed by atoms with Gasteiger partial charge in [0.05, 0.1) is 0 Å². The van der Waals surface area contributed by atoms with Gasteiger partial charge in [0.1, 0.15) is 6.04 Å². The zero-order valence-corrected chi connectivity index (χ0v) is 21.2. The molecule has 32 heavy (non-hydrogen) atoms. The number of benzene rings is 2. The summed E-state index contributed by atoms with van der Waals surface area (Å²) in [5.74, 6) is -0.255. The Labute approximate surface area is 202 Å². The Morgan fingerprint density at radius 1 is 1.06 bits per heavy atom. The largest absolute Gasteiger partial charge is 0.354 e.